The number of aromatic nitrogens is 13. The summed E-state index contributed by atoms with van der Waals surface area (Å²) >= 11 is 3.47. The Bertz CT molecular complexity index is 9100. The van der Waals surface area contributed by atoms with Gasteiger partial charge in [0.15, 0.2) is 46.6 Å². The van der Waals surface area contributed by atoms with Crippen molar-refractivity contribution in [1.29, 1.82) is 0 Å². The van der Waals surface area contributed by atoms with Crippen LogP contribution in [0.3, 0.4) is 0 Å². The Morgan fingerprint density at radius 2 is 0.537 bits per heavy atom. The third-order valence-electron chi connectivity index (χ3n) is 26.3. The van der Waals surface area contributed by atoms with Crippen molar-refractivity contribution in [2.24, 2.45) is 0 Å². The molecule has 0 aliphatic heterocycles. The van der Waals surface area contributed by atoms with Gasteiger partial charge in [0.25, 0.3) is 0 Å². The van der Waals surface area contributed by atoms with Crippen molar-refractivity contribution in [1.82, 2.24) is 63.5 Å². The Labute approximate surface area is 777 Å². The second kappa shape index (κ2) is 31.6. The first kappa shape index (κ1) is 77.9. The number of benzene rings is 17. The van der Waals surface area contributed by atoms with E-state index in [9.17, 15) is 0 Å². The number of para-hydroxylation sites is 4. The van der Waals surface area contributed by atoms with Crippen LogP contribution in [0.5, 0.6) is 0 Å². The molecular weight excluding hydrogens is 1680 g/mol. The maximum atomic E-state index is 5.42. The van der Waals surface area contributed by atoms with E-state index in [2.05, 4.69) is 361 Å². The zero-order valence-electron chi connectivity index (χ0n) is 72.5. The molecule has 15 heteroatoms. The summed E-state index contributed by atoms with van der Waals surface area (Å²) in [4.78, 5) is 53.2. The molecule has 26 aromatic rings. The Kier molecular flexibility index (Phi) is 18.3. The molecular formula is C119H75N13S2. The highest BCUT2D eigenvalue weighted by Gasteiger charge is 2.38. The van der Waals surface area contributed by atoms with Gasteiger partial charge in [-0.1, -0.05) is 335 Å². The van der Waals surface area contributed by atoms with Gasteiger partial charge < -0.3 is 13.7 Å². The van der Waals surface area contributed by atoms with Crippen LogP contribution in [0.15, 0.2) is 419 Å². The van der Waals surface area contributed by atoms with Gasteiger partial charge in [0.2, 0.25) is 0 Å². The molecule has 0 fully saturated rings. The zero-order valence-corrected chi connectivity index (χ0v) is 74.1. The number of rotatable bonds is 13. The van der Waals surface area contributed by atoms with E-state index < -0.39 is 0 Å². The SMILES string of the molecule is CC1(C)c2ccccc2-c2c1ccc1c2c2ccccc2n1-c1ccc(-c2nc(-c3ccccc3)c3sc4ccccc4c3n2)cc1-c1nc(-c2ccccc2)nc(-c2ccccc2)n1.c1ccc(-c2nc(-c3ccccc3)nc(-c3cc(-c4nc(-c5ccccc5)c5sc6ccccc6c5n4)ccc3-n3c4ccccc4c4c5c6ccccc6n(-c6ccccc6)c5ccc43)n2)cc1. The summed E-state index contributed by atoms with van der Waals surface area (Å²) in [6.07, 6.45) is 0. The number of hydrogen-bond donors (Lipinski definition) is 0. The van der Waals surface area contributed by atoms with Crippen molar-refractivity contribution in [3.8, 4) is 142 Å². The minimum Gasteiger partial charge on any atom is -0.309 e. The van der Waals surface area contributed by atoms with E-state index in [-0.39, 0.29) is 5.41 Å². The normalized spacial score (nSPS) is 12.3. The van der Waals surface area contributed by atoms with Gasteiger partial charge in [0.1, 0.15) is 0 Å². The topological polar surface area (TPSA) is 144 Å². The molecule has 1 aliphatic carbocycles. The van der Waals surface area contributed by atoms with Gasteiger partial charge >= 0.3 is 0 Å². The molecule has 0 N–H and O–H groups in total. The van der Waals surface area contributed by atoms with Crippen LogP contribution in [0.2, 0.25) is 0 Å². The predicted molar refractivity (Wildman–Crippen MR) is 552 cm³/mol. The van der Waals surface area contributed by atoms with E-state index in [0.29, 0.717) is 46.6 Å². The summed E-state index contributed by atoms with van der Waals surface area (Å²) in [6, 6.07) is 147. The maximum Gasteiger partial charge on any atom is 0.166 e. The van der Waals surface area contributed by atoms with Crippen LogP contribution < -0.4 is 0 Å². The number of fused-ring (bicyclic) bond motifs is 20. The molecule has 9 heterocycles. The van der Waals surface area contributed by atoms with Crippen molar-refractivity contribution in [3.05, 3.63) is 430 Å². The van der Waals surface area contributed by atoms with Crippen LogP contribution in [0.4, 0.5) is 0 Å². The maximum absolute atomic E-state index is 5.42. The summed E-state index contributed by atoms with van der Waals surface area (Å²) in [5.74, 6) is 4.71. The first-order valence-electron chi connectivity index (χ1n) is 44.9. The predicted octanol–water partition coefficient (Wildman–Crippen LogP) is 30.3. The van der Waals surface area contributed by atoms with Crippen LogP contribution in [0, 0.1) is 0 Å². The third kappa shape index (κ3) is 12.8. The highest BCUT2D eigenvalue weighted by molar-refractivity contribution is 7.26. The quantitative estimate of drug-likeness (QED) is 0.109. The number of thiophene rings is 2. The Morgan fingerprint density at radius 3 is 0.970 bits per heavy atom. The van der Waals surface area contributed by atoms with Gasteiger partial charge in [-0.3, -0.25) is 0 Å². The van der Waals surface area contributed by atoms with Crippen LogP contribution >= 0.6 is 22.7 Å². The molecule has 0 radical (unpaired) electrons. The molecule has 17 aromatic carbocycles. The molecule has 628 valence electrons. The molecule has 0 spiro atoms. The van der Waals surface area contributed by atoms with Crippen molar-refractivity contribution in [2.75, 3.05) is 0 Å². The fraction of sp³-hybridized carbons (Fsp3) is 0.0252. The lowest BCUT2D eigenvalue weighted by molar-refractivity contribution is 0.661. The first-order chi connectivity index (χ1) is 66.2. The smallest absolute Gasteiger partial charge is 0.166 e. The van der Waals surface area contributed by atoms with Crippen molar-refractivity contribution in [3.63, 3.8) is 0 Å². The first-order valence-corrected chi connectivity index (χ1v) is 46.6. The molecule has 13 nitrogen and oxygen atoms in total. The monoisotopic (exact) mass is 1750 g/mol. The average molecular weight is 1750 g/mol. The van der Waals surface area contributed by atoms with E-state index in [1.54, 1.807) is 22.7 Å². The number of hydrogen-bond acceptors (Lipinski definition) is 12. The van der Waals surface area contributed by atoms with Gasteiger partial charge in [-0.15, -0.1) is 22.7 Å². The van der Waals surface area contributed by atoms with Crippen LogP contribution in [-0.2, 0) is 5.41 Å². The largest absolute Gasteiger partial charge is 0.309 e. The van der Waals surface area contributed by atoms with Crippen molar-refractivity contribution >= 4 is 129 Å². The molecule has 134 heavy (non-hydrogen) atoms. The van der Waals surface area contributed by atoms with Gasteiger partial charge in [-0.05, 0) is 119 Å². The minimum absolute atomic E-state index is 0.143. The van der Waals surface area contributed by atoms with Crippen molar-refractivity contribution in [2.45, 2.75) is 19.3 Å². The molecule has 0 saturated carbocycles. The second-order valence-electron chi connectivity index (χ2n) is 34.4. The summed E-state index contributed by atoms with van der Waals surface area (Å²) in [5, 5.41) is 9.39. The molecule has 1 aliphatic rings. The third-order valence-corrected chi connectivity index (χ3v) is 28.6. The molecule has 9 aromatic heterocycles. The average Bonchev–Trinajstić information content (AvgIpc) is 1.54. The highest BCUT2D eigenvalue weighted by Crippen LogP contribution is 2.55. The lowest BCUT2D eigenvalue weighted by Crippen LogP contribution is -2.14. The minimum atomic E-state index is -0.143. The highest BCUT2D eigenvalue weighted by atomic mass is 32.1. The van der Waals surface area contributed by atoms with Gasteiger partial charge in [0, 0.05) is 119 Å². The van der Waals surface area contributed by atoms with E-state index in [0.717, 1.165) is 154 Å². The van der Waals surface area contributed by atoms with Gasteiger partial charge in [-0.25, -0.2) is 49.8 Å². The Hall–Kier alpha value is -17.2. The molecule has 0 amide bonds. The molecule has 0 bridgehead atoms. The summed E-state index contributed by atoms with van der Waals surface area (Å²) in [5.41, 5.74) is 27.5. The van der Waals surface area contributed by atoms with Gasteiger partial charge in [0.05, 0.1) is 76.3 Å². The van der Waals surface area contributed by atoms with Crippen LogP contribution in [0.1, 0.15) is 25.0 Å². The summed E-state index contributed by atoms with van der Waals surface area (Å²) < 4.78 is 11.7. The number of nitrogens with zero attached hydrogens (tertiary/aromatic N) is 13. The second-order valence-corrected chi connectivity index (χ2v) is 36.5. The molecule has 0 saturated heterocycles. The van der Waals surface area contributed by atoms with Crippen LogP contribution in [-0.4, -0.2) is 63.5 Å². The van der Waals surface area contributed by atoms with E-state index >= 15 is 0 Å². The van der Waals surface area contributed by atoms with Crippen LogP contribution in [0.25, 0.3) is 248 Å². The van der Waals surface area contributed by atoms with E-state index in [4.69, 9.17) is 49.8 Å². The van der Waals surface area contributed by atoms with Crippen molar-refractivity contribution < 1.29 is 0 Å². The lowest BCUT2D eigenvalue weighted by Gasteiger charge is -2.21. The summed E-state index contributed by atoms with van der Waals surface area (Å²) in [6.45, 7) is 4.69. The zero-order chi connectivity index (χ0) is 88.6. The van der Waals surface area contributed by atoms with E-state index in [1.165, 1.54) is 58.6 Å². The molecule has 0 atom stereocenters. The lowest BCUT2D eigenvalue weighted by atomic mass is 9.82. The van der Waals surface area contributed by atoms with E-state index in [1.807, 2.05) is 84.9 Å². The molecule has 0 unspecified atom stereocenters. The summed E-state index contributed by atoms with van der Waals surface area (Å²) in [7, 11) is 0. The van der Waals surface area contributed by atoms with Gasteiger partial charge in [-0.2, -0.15) is 0 Å². The Morgan fingerprint density at radius 1 is 0.216 bits per heavy atom. The fourth-order valence-electron chi connectivity index (χ4n) is 20.1. The molecule has 27 rings (SSSR count). The standard InChI is InChI=1S/C61H37N7S.C58H38N6S/c1-5-19-38(20-6-1)55-57-56(45-29-15-18-32-52(45)69-57)63-60(62-55)41-33-34-49(46(37-41)61-65-58(39-21-7-2-8-22-39)64-59(66-61)40-23-9-3-10-24-40)68-48-31-17-14-28-44(48)54-51(68)36-35-50-53(54)43-27-13-16-30-47(43)67(50)42-25-11-4-12-26-42;1-58(2)43-27-15-12-24-39(43)49-44(58)31-33-47-50(49)40-25-13-16-28-45(40)64(47)46-32-30-38(56-59-51(35-18-6-3-7-19-35)53-52(60-56)41-26-14-17-29-48(41)65-53)34-42(46)57-62-54(36-20-8-4-9-21-36)61-55(63-57)37-22-10-5-11-23-37/h1-37H;3-34H,1-2H3. The fourth-order valence-corrected chi connectivity index (χ4v) is 22.4. The Balaban J connectivity index is 0.000000140.